The Bertz CT molecular complexity index is 1420. The molecule has 3 aromatic carbocycles. The lowest BCUT2D eigenvalue weighted by molar-refractivity contribution is -0.128. The van der Waals surface area contributed by atoms with Crippen LogP contribution in [0.1, 0.15) is 47.1 Å². The van der Waals surface area contributed by atoms with Gasteiger partial charge in [-0.3, -0.25) is 9.59 Å². The Labute approximate surface area is 253 Å². The van der Waals surface area contributed by atoms with Crippen LogP contribution < -0.4 is 14.8 Å². The summed E-state index contributed by atoms with van der Waals surface area (Å²) in [4.78, 5) is 24.4. The highest BCUT2D eigenvalue weighted by Crippen LogP contribution is 2.34. The van der Waals surface area contributed by atoms with Crippen molar-refractivity contribution in [2.75, 3.05) is 26.3 Å². The van der Waals surface area contributed by atoms with Crippen molar-refractivity contribution in [3.63, 3.8) is 0 Å². The summed E-state index contributed by atoms with van der Waals surface area (Å²) in [6.07, 6.45) is 3.00. The minimum atomic E-state index is -0.250. The first-order valence-electron chi connectivity index (χ1n) is 14.3. The van der Waals surface area contributed by atoms with Crippen molar-refractivity contribution >= 4 is 29.6 Å². The van der Waals surface area contributed by atoms with Crippen molar-refractivity contribution in [2.45, 2.75) is 52.6 Å². The van der Waals surface area contributed by atoms with Crippen LogP contribution >= 0.6 is 11.6 Å². The molecule has 0 saturated heterocycles. The fourth-order valence-corrected chi connectivity index (χ4v) is 5.37. The molecule has 1 heterocycles. The van der Waals surface area contributed by atoms with Gasteiger partial charge in [0, 0.05) is 29.7 Å². The van der Waals surface area contributed by atoms with Gasteiger partial charge < -0.3 is 24.8 Å². The van der Waals surface area contributed by atoms with E-state index in [9.17, 15) is 4.79 Å². The second kappa shape index (κ2) is 14.9. The van der Waals surface area contributed by atoms with Crippen molar-refractivity contribution in [3.05, 3.63) is 99.1 Å². The summed E-state index contributed by atoms with van der Waals surface area (Å²) in [5.74, 6) is 1.76. The van der Waals surface area contributed by atoms with E-state index in [4.69, 9.17) is 31.0 Å². The number of halogens is 1. The predicted molar refractivity (Wildman–Crippen MR) is 166 cm³/mol. The van der Waals surface area contributed by atoms with Crippen LogP contribution in [0.15, 0.2) is 66.2 Å². The first kappa shape index (κ1) is 31.1. The Hall–Kier alpha value is -3.81. The van der Waals surface area contributed by atoms with Gasteiger partial charge in [0.1, 0.15) is 24.7 Å². The Morgan fingerprint density at radius 2 is 1.74 bits per heavy atom. The second-order valence-electron chi connectivity index (χ2n) is 10.6. The zero-order valence-corrected chi connectivity index (χ0v) is 25.2. The molecule has 0 unspecified atom stereocenters. The first-order chi connectivity index (χ1) is 20.3. The molecule has 2 aliphatic rings. The number of carboxylic acid groups (broad SMARTS) is 1. The van der Waals surface area contributed by atoms with Crippen molar-refractivity contribution in [3.8, 4) is 11.5 Å². The molecule has 1 aliphatic carbocycles. The summed E-state index contributed by atoms with van der Waals surface area (Å²) < 4.78 is 11.8. The van der Waals surface area contributed by atoms with Gasteiger partial charge in [-0.1, -0.05) is 41.9 Å². The van der Waals surface area contributed by atoms with E-state index in [1.807, 2.05) is 37.3 Å². The molecule has 0 radical (unpaired) electrons. The zero-order valence-electron chi connectivity index (χ0n) is 24.5. The summed E-state index contributed by atoms with van der Waals surface area (Å²) in [5.41, 5.74) is 7.89. The fraction of sp³-hybridized carbons (Fsp3) is 0.353. The zero-order chi connectivity index (χ0) is 30.1. The molecule has 0 atom stereocenters. The molecule has 2 N–H and O–H groups in total. The summed E-state index contributed by atoms with van der Waals surface area (Å²) in [6.45, 7) is 9.02. The Morgan fingerprint density at radius 3 is 2.43 bits per heavy atom. The van der Waals surface area contributed by atoms with E-state index in [1.54, 1.807) is 0 Å². The van der Waals surface area contributed by atoms with Crippen LogP contribution in [0.2, 0.25) is 5.02 Å². The average Bonchev–Trinajstić information content (AvgIpc) is 3.83. The number of amides is 1. The smallest absolute Gasteiger partial charge is 0.290 e. The molecular weight excluding hydrogens is 552 g/mol. The number of aryl methyl sites for hydroxylation is 2. The van der Waals surface area contributed by atoms with Gasteiger partial charge in [-0.15, -0.1) is 0 Å². The average molecular weight is 591 g/mol. The fourth-order valence-electron chi connectivity index (χ4n) is 5.14. The molecule has 1 amide bonds. The van der Waals surface area contributed by atoms with Crippen LogP contribution in [0.5, 0.6) is 11.5 Å². The minimum absolute atomic E-state index is 0.163. The maximum absolute atomic E-state index is 13.9. The van der Waals surface area contributed by atoms with Crippen molar-refractivity contribution in [1.82, 2.24) is 10.2 Å². The summed E-state index contributed by atoms with van der Waals surface area (Å²) in [7, 11) is 0. The van der Waals surface area contributed by atoms with E-state index < -0.39 is 0 Å². The van der Waals surface area contributed by atoms with Crippen LogP contribution in [0.25, 0.3) is 5.57 Å². The molecule has 0 spiro atoms. The van der Waals surface area contributed by atoms with Crippen molar-refractivity contribution in [2.24, 2.45) is 0 Å². The molecule has 0 bridgehead atoms. The molecule has 8 heteroatoms. The normalized spacial score (nSPS) is 14.5. The van der Waals surface area contributed by atoms with Crippen LogP contribution in [-0.2, 0) is 16.1 Å². The van der Waals surface area contributed by atoms with Crippen LogP contribution in [0.4, 0.5) is 0 Å². The van der Waals surface area contributed by atoms with Gasteiger partial charge in [-0.2, -0.15) is 0 Å². The standard InChI is InChI=1S/C33H37ClN2O3.CH2O2/c1-22-5-4-6-26(24(22)3)21-36(28-10-11-28)33(37)31-20-35-16-15-30(31)25-7-12-29(13-8-25)38-17-18-39-32-14-9-27(34)19-23(32)2;2-1-3/h4-9,12-14,19,28,35H,10-11,15-18,20-21H2,1-3H3;1H,(H,2,3). The van der Waals surface area contributed by atoms with Crippen molar-refractivity contribution in [1.29, 1.82) is 0 Å². The minimum Gasteiger partial charge on any atom is -0.490 e. The maximum Gasteiger partial charge on any atom is 0.290 e. The lowest BCUT2D eigenvalue weighted by Crippen LogP contribution is -2.39. The van der Waals surface area contributed by atoms with Gasteiger partial charge in [-0.05, 0) is 110 Å². The lowest BCUT2D eigenvalue weighted by atomic mass is 9.93. The van der Waals surface area contributed by atoms with Gasteiger partial charge >= 0.3 is 0 Å². The lowest BCUT2D eigenvalue weighted by Gasteiger charge is -2.29. The molecule has 1 saturated carbocycles. The van der Waals surface area contributed by atoms with E-state index >= 15 is 0 Å². The van der Waals surface area contributed by atoms with Gasteiger partial charge in [0.05, 0.1) is 0 Å². The molecule has 1 aliphatic heterocycles. The largest absolute Gasteiger partial charge is 0.490 e. The highest BCUT2D eigenvalue weighted by molar-refractivity contribution is 6.30. The van der Waals surface area contributed by atoms with Gasteiger partial charge in [-0.25, -0.2) is 0 Å². The summed E-state index contributed by atoms with van der Waals surface area (Å²) in [6, 6.07) is 20.4. The SMILES string of the molecule is Cc1cc(Cl)ccc1OCCOc1ccc(C2=C(C(=O)N(Cc3cccc(C)c3C)C3CC3)CNCC2)cc1.O=CO. The van der Waals surface area contributed by atoms with Crippen LogP contribution in [-0.4, -0.2) is 54.7 Å². The van der Waals surface area contributed by atoms with Gasteiger partial charge in [0.2, 0.25) is 0 Å². The van der Waals surface area contributed by atoms with E-state index in [2.05, 4.69) is 54.4 Å². The monoisotopic (exact) mass is 590 g/mol. The number of hydrogen-bond donors (Lipinski definition) is 2. The third-order valence-electron chi connectivity index (χ3n) is 7.73. The molecule has 42 heavy (non-hydrogen) atoms. The predicted octanol–water partition coefficient (Wildman–Crippen LogP) is 6.36. The van der Waals surface area contributed by atoms with E-state index in [0.717, 1.165) is 59.6 Å². The number of carbonyl (C=O) groups excluding carboxylic acids is 1. The third kappa shape index (κ3) is 8.14. The van der Waals surface area contributed by atoms with Crippen LogP contribution in [0, 0.1) is 20.8 Å². The molecule has 3 aromatic rings. The molecule has 0 aromatic heterocycles. The number of carbonyl (C=O) groups is 2. The van der Waals surface area contributed by atoms with E-state index in [0.29, 0.717) is 37.4 Å². The molecule has 222 valence electrons. The quantitative estimate of drug-likeness (QED) is 0.211. The molecule has 5 rings (SSSR count). The maximum atomic E-state index is 13.9. The summed E-state index contributed by atoms with van der Waals surface area (Å²) >= 11 is 6.02. The van der Waals surface area contributed by atoms with Crippen molar-refractivity contribution < 1.29 is 24.2 Å². The van der Waals surface area contributed by atoms with E-state index in [-0.39, 0.29) is 12.4 Å². The van der Waals surface area contributed by atoms with Crippen LogP contribution in [0.3, 0.4) is 0 Å². The summed E-state index contributed by atoms with van der Waals surface area (Å²) in [5, 5.41) is 11.0. The topological polar surface area (TPSA) is 88.1 Å². The van der Waals surface area contributed by atoms with E-state index in [1.165, 1.54) is 16.7 Å². The molecule has 7 nitrogen and oxygen atoms in total. The Morgan fingerprint density at radius 1 is 1.02 bits per heavy atom. The highest BCUT2D eigenvalue weighted by atomic mass is 35.5. The molecular formula is C34H39ClN2O5. The highest BCUT2D eigenvalue weighted by Gasteiger charge is 2.35. The van der Waals surface area contributed by atoms with Gasteiger partial charge in [0.15, 0.2) is 0 Å². The first-order valence-corrected chi connectivity index (χ1v) is 14.7. The number of nitrogens with zero attached hydrogens (tertiary/aromatic N) is 1. The number of rotatable bonds is 10. The Kier molecular flexibility index (Phi) is 11.0. The number of benzene rings is 3. The number of nitrogens with one attached hydrogen (secondary N) is 1. The van der Waals surface area contributed by atoms with Gasteiger partial charge in [0.25, 0.3) is 12.4 Å². The third-order valence-corrected chi connectivity index (χ3v) is 7.97. The number of ether oxygens (including phenoxy) is 2. The molecule has 1 fully saturated rings. The second-order valence-corrected chi connectivity index (χ2v) is 11.1. The Balaban J connectivity index is 0.00000129. The number of hydrogen-bond acceptors (Lipinski definition) is 5.